The summed E-state index contributed by atoms with van der Waals surface area (Å²) in [5, 5.41) is 16.4. The maximum Gasteiger partial charge on any atom is 0.253 e. The molecule has 39 heavy (non-hydrogen) atoms. The molecule has 1 aliphatic rings. The topological polar surface area (TPSA) is 79.7 Å². The van der Waals surface area contributed by atoms with E-state index >= 15 is 0 Å². The van der Waals surface area contributed by atoms with Gasteiger partial charge in [-0.3, -0.25) is 9.69 Å². The number of para-hydroxylation sites is 1. The number of thiophene rings is 1. The molecule has 0 radical (unpaired) electrons. The highest BCUT2D eigenvalue weighted by Gasteiger charge is 2.33. The molecule has 3 heterocycles. The SMILES string of the molecule is Cc1cccc2cc(C(c3nnnn3C3CCCCC3)N(CCc3ccccc3)Cc3cccs3)c(=O)[nH]c12. The molecule has 7 nitrogen and oxygen atoms in total. The van der Waals surface area contributed by atoms with E-state index in [1.165, 1.54) is 29.7 Å². The number of rotatable bonds is 9. The minimum atomic E-state index is -0.388. The zero-order valence-electron chi connectivity index (χ0n) is 22.3. The Labute approximate surface area is 232 Å². The van der Waals surface area contributed by atoms with Crippen LogP contribution < -0.4 is 5.56 Å². The maximum absolute atomic E-state index is 13.8. The van der Waals surface area contributed by atoms with Gasteiger partial charge in [0.25, 0.3) is 5.56 Å². The predicted molar refractivity (Wildman–Crippen MR) is 156 cm³/mol. The third-order valence-corrected chi connectivity index (χ3v) is 8.79. The van der Waals surface area contributed by atoms with Crippen LogP contribution in [0.25, 0.3) is 10.9 Å². The number of aryl methyl sites for hydroxylation is 1. The molecule has 0 spiro atoms. The van der Waals surface area contributed by atoms with E-state index in [2.05, 4.69) is 79.3 Å². The number of hydrogen-bond donors (Lipinski definition) is 1. The van der Waals surface area contributed by atoms with Crippen molar-refractivity contribution in [2.75, 3.05) is 6.54 Å². The van der Waals surface area contributed by atoms with E-state index in [9.17, 15) is 4.79 Å². The molecule has 0 bridgehead atoms. The molecule has 0 aliphatic heterocycles. The van der Waals surface area contributed by atoms with Crippen molar-refractivity contribution < 1.29 is 0 Å². The van der Waals surface area contributed by atoms with Gasteiger partial charge in [-0.05, 0) is 70.6 Å². The van der Waals surface area contributed by atoms with Gasteiger partial charge in [0.05, 0.1) is 11.6 Å². The van der Waals surface area contributed by atoms with Gasteiger partial charge in [-0.15, -0.1) is 16.4 Å². The van der Waals surface area contributed by atoms with Gasteiger partial charge in [0.15, 0.2) is 5.82 Å². The Morgan fingerprint density at radius 3 is 2.69 bits per heavy atom. The van der Waals surface area contributed by atoms with E-state index in [0.717, 1.165) is 48.1 Å². The van der Waals surface area contributed by atoms with Crippen LogP contribution in [-0.2, 0) is 13.0 Å². The first-order valence-corrected chi connectivity index (χ1v) is 14.8. The van der Waals surface area contributed by atoms with Crippen LogP contribution in [0, 0.1) is 6.92 Å². The molecule has 200 valence electrons. The Bertz CT molecular complexity index is 1570. The number of nitrogens with one attached hydrogen (secondary N) is 1. The zero-order valence-corrected chi connectivity index (χ0v) is 23.1. The van der Waals surface area contributed by atoms with Gasteiger partial charge in [-0.25, -0.2) is 4.68 Å². The fourth-order valence-electron chi connectivity index (χ4n) is 5.89. The normalized spacial score (nSPS) is 15.2. The van der Waals surface area contributed by atoms with Gasteiger partial charge < -0.3 is 4.98 Å². The number of hydrogen-bond acceptors (Lipinski definition) is 6. The number of H-pyrrole nitrogens is 1. The summed E-state index contributed by atoms with van der Waals surface area (Å²) in [5.74, 6) is 0.754. The lowest BCUT2D eigenvalue weighted by Gasteiger charge is -2.32. The molecule has 1 unspecified atom stereocenters. The van der Waals surface area contributed by atoms with E-state index in [1.54, 1.807) is 11.3 Å². The molecule has 1 N–H and O–H groups in total. The molecule has 8 heteroatoms. The van der Waals surface area contributed by atoms with Crippen molar-refractivity contribution in [1.82, 2.24) is 30.1 Å². The molecule has 0 amide bonds. The Balaban J connectivity index is 1.49. The summed E-state index contributed by atoms with van der Waals surface area (Å²) in [5.41, 5.74) is 3.80. The summed E-state index contributed by atoms with van der Waals surface area (Å²) in [6.07, 6.45) is 6.59. The molecule has 1 saturated carbocycles. The summed E-state index contributed by atoms with van der Waals surface area (Å²) in [7, 11) is 0. The third-order valence-electron chi connectivity index (χ3n) is 7.93. The second-order valence-electron chi connectivity index (χ2n) is 10.6. The van der Waals surface area contributed by atoms with Crippen molar-refractivity contribution in [2.45, 2.75) is 64.1 Å². The van der Waals surface area contributed by atoms with Crippen LogP contribution in [0.4, 0.5) is 0 Å². The number of fused-ring (bicyclic) bond motifs is 1. The van der Waals surface area contributed by atoms with Crippen molar-refractivity contribution in [1.29, 1.82) is 0 Å². The minimum Gasteiger partial charge on any atom is -0.321 e. The van der Waals surface area contributed by atoms with Gasteiger partial charge in [-0.2, -0.15) is 0 Å². The molecule has 6 rings (SSSR count). The van der Waals surface area contributed by atoms with Gasteiger partial charge in [0.2, 0.25) is 0 Å². The minimum absolute atomic E-state index is 0.0871. The number of benzene rings is 2. The summed E-state index contributed by atoms with van der Waals surface area (Å²) < 4.78 is 2.02. The van der Waals surface area contributed by atoms with Crippen LogP contribution in [0.15, 0.2) is 76.9 Å². The standard InChI is InChI=1S/C31H34N6OS/c1-22-10-8-13-24-20-27(31(38)32-28(22)24)29(30-33-34-35-37(30)25-14-6-3-7-15-25)36(21-26-16-9-19-39-26)18-17-23-11-4-2-5-12-23/h2,4-5,8-13,16,19-20,25,29H,3,6-7,14-15,17-18,21H2,1H3,(H,32,38). The average Bonchev–Trinajstić information content (AvgIpc) is 3.66. The molecule has 1 atom stereocenters. The van der Waals surface area contributed by atoms with E-state index in [4.69, 9.17) is 0 Å². The van der Waals surface area contributed by atoms with Crippen molar-refractivity contribution >= 4 is 22.2 Å². The smallest absolute Gasteiger partial charge is 0.253 e. The highest BCUT2D eigenvalue weighted by molar-refractivity contribution is 7.09. The van der Waals surface area contributed by atoms with Crippen LogP contribution in [0.5, 0.6) is 0 Å². The summed E-state index contributed by atoms with van der Waals surface area (Å²) in [6.45, 7) is 3.50. The van der Waals surface area contributed by atoms with Crippen LogP contribution >= 0.6 is 11.3 Å². The number of nitrogens with zero attached hydrogens (tertiary/aromatic N) is 5. The second-order valence-corrected chi connectivity index (χ2v) is 11.6. The quantitative estimate of drug-likeness (QED) is 0.241. The lowest BCUT2D eigenvalue weighted by atomic mass is 9.95. The fourth-order valence-corrected chi connectivity index (χ4v) is 6.62. The third kappa shape index (κ3) is 5.58. The Hall–Kier alpha value is -3.62. The van der Waals surface area contributed by atoms with Crippen molar-refractivity contribution in [3.63, 3.8) is 0 Å². The van der Waals surface area contributed by atoms with E-state index in [1.807, 2.05) is 29.8 Å². The zero-order chi connectivity index (χ0) is 26.6. The first kappa shape index (κ1) is 25.6. The van der Waals surface area contributed by atoms with E-state index in [0.29, 0.717) is 12.1 Å². The van der Waals surface area contributed by atoms with E-state index in [-0.39, 0.29) is 17.6 Å². The molecule has 3 aromatic heterocycles. The van der Waals surface area contributed by atoms with Gasteiger partial charge >= 0.3 is 0 Å². The monoisotopic (exact) mass is 538 g/mol. The largest absolute Gasteiger partial charge is 0.321 e. The Kier molecular flexibility index (Phi) is 7.65. The van der Waals surface area contributed by atoms with Gasteiger partial charge in [0.1, 0.15) is 6.04 Å². The van der Waals surface area contributed by atoms with Crippen molar-refractivity contribution in [3.8, 4) is 0 Å². The molecule has 0 saturated heterocycles. The van der Waals surface area contributed by atoms with Gasteiger partial charge in [-0.1, -0.05) is 73.9 Å². The number of pyridine rings is 1. The fraction of sp³-hybridized carbons (Fsp3) is 0.355. The van der Waals surface area contributed by atoms with Crippen LogP contribution in [0.2, 0.25) is 0 Å². The molecule has 1 aliphatic carbocycles. The molecule has 1 fully saturated rings. The second kappa shape index (κ2) is 11.6. The first-order chi connectivity index (χ1) is 19.2. The van der Waals surface area contributed by atoms with Gasteiger partial charge in [0, 0.05) is 23.5 Å². The maximum atomic E-state index is 13.8. The highest BCUT2D eigenvalue weighted by atomic mass is 32.1. The predicted octanol–water partition coefficient (Wildman–Crippen LogP) is 6.22. The van der Waals surface area contributed by atoms with Crippen molar-refractivity contribution in [2.24, 2.45) is 0 Å². The van der Waals surface area contributed by atoms with Crippen LogP contribution in [0.3, 0.4) is 0 Å². The molecule has 2 aromatic carbocycles. The average molecular weight is 539 g/mol. The van der Waals surface area contributed by atoms with Crippen LogP contribution in [0.1, 0.15) is 71.6 Å². The Morgan fingerprint density at radius 1 is 1.05 bits per heavy atom. The first-order valence-electron chi connectivity index (χ1n) is 13.9. The lowest BCUT2D eigenvalue weighted by Crippen LogP contribution is -2.37. The number of tetrazole rings is 1. The molecular weight excluding hydrogens is 504 g/mol. The van der Waals surface area contributed by atoms with E-state index < -0.39 is 0 Å². The summed E-state index contributed by atoms with van der Waals surface area (Å²) in [4.78, 5) is 20.7. The number of aromatic amines is 1. The molecular formula is C31H34N6OS. The van der Waals surface area contributed by atoms with Crippen molar-refractivity contribution in [3.05, 3.63) is 110 Å². The number of aromatic nitrogens is 5. The van der Waals surface area contributed by atoms with Crippen LogP contribution in [-0.4, -0.2) is 36.6 Å². The summed E-state index contributed by atoms with van der Waals surface area (Å²) in [6, 6.07) is 22.8. The summed E-state index contributed by atoms with van der Waals surface area (Å²) >= 11 is 1.74. The lowest BCUT2D eigenvalue weighted by molar-refractivity contribution is 0.198. The Morgan fingerprint density at radius 2 is 1.90 bits per heavy atom. The highest BCUT2D eigenvalue weighted by Crippen LogP contribution is 2.34. The molecule has 5 aromatic rings.